The molecule has 2 heterocycles. The average Bonchev–Trinajstić information content (AvgIpc) is 3.05. The molecule has 2 fully saturated rings. The summed E-state index contributed by atoms with van der Waals surface area (Å²) in [6.07, 6.45) is 10.8. The Hall–Kier alpha value is -1.59. The number of piperidine rings is 1. The molecule has 1 saturated carbocycles. The van der Waals surface area contributed by atoms with E-state index < -0.39 is 0 Å². The number of rotatable bonds is 4. The number of hydrogen-bond acceptors (Lipinski definition) is 4. The van der Waals surface area contributed by atoms with E-state index in [0.717, 1.165) is 57.3 Å². The molecule has 128 valence electrons. The minimum absolute atomic E-state index is 0.0387. The van der Waals surface area contributed by atoms with Crippen LogP contribution in [0.4, 0.5) is 4.79 Å². The van der Waals surface area contributed by atoms with Crippen molar-refractivity contribution in [2.45, 2.75) is 83.2 Å². The van der Waals surface area contributed by atoms with Gasteiger partial charge in [0.25, 0.3) is 0 Å². The second-order valence-electron chi connectivity index (χ2n) is 6.79. The maximum absolute atomic E-state index is 12.7. The number of carbonyl (C=O) groups excluding carboxylic acids is 1. The largest absolute Gasteiger partial charge is 0.337 e. The van der Waals surface area contributed by atoms with Crippen LogP contribution in [0.15, 0.2) is 4.52 Å². The number of nitrogens with zero attached hydrogens (tertiary/aromatic N) is 3. The van der Waals surface area contributed by atoms with Gasteiger partial charge in [-0.15, -0.1) is 0 Å². The van der Waals surface area contributed by atoms with E-state index in [9.17, 15) is 4.79 Å². The van der Waals surface area contributed by atoms with Crippen LogP contribution in [0.5, 0.6) is 0 Å². The number of aromatic nitrogens is 2. The highest BCUT2D eigenvalue weighted by Crippen LogP contribution is 2.30. The molecule has 1 N–H and O–H groups in total. The molecule has 0 bridgehead atoms. The molecule has 1 atom stereocenters. The van der Waals surface area contributed by atoms with Crippen LogP contribution in [0.3, 0.4) is 0 Å². The van der Waals surface area contributed by atoms with Crippen molar-refractivity contribution in [2.24, 2.45) is 0 Å². The third-order valence-electron chi connectivity index (χ3n) is 4.94. The summed E-state index contributed by atoms with van der Waals surface area (Å²) in [6.45, 7) is 2.87. The zero-order chi connectivity index (χ0) is 16.1. The molecule has 1 aliphatic carbocycles. The summed E-state index contributed by atoms with van der Waals surface area (Å²) in [5.74, 6) is 1.35. The fourth-order valence-corrected chi connectivity index (χ4v) is 3.66. The zero-order valence-corrected chi connectivity index (χ0v) is 14.1. The summed E-state index contributed by atoms with van der Waals surface area (Å²) in [5.41, 5.74) is 0. The van der Waals surface area contributed by atoms with Crippen molar-refractivity contribution in [1.82, 2.24) is 20.4 Å². The van der Waals surface area contributed by atoms with Crippen LogP contribution in [0, 0.1) is 0 Å². The van der Waals surface area contributed by atoms with Crippen molar-refractivity contribution >= 4 is 6.03 Å². The smallest absolute Gasteiger partial charge is 0.318 e. The number of likely N-dealkylation sites (tertiary alicyclic amines) is 1. The fourth-order valence-electron chi connectivity index (χ4n) is 3.66. The van der Waals surface area contributed by atoms with E-state index in [1.54, 1.807) is 0 Å². The summed E-state index contributed by atoms with van der Waals surface area (Å²) in [5, 5.41) is 7.26. The van der Waals surface area contributed by atoms with Crippen LogP contribution in [-0.2, 0) is 6.42 Å². The Morgan fingerprint density at radius 1 is 1.22 bits per heavy atom. The Kier molecular flexibility index (Phi) is 5.51. The first kappa shape index (κ1) is 16.3. The molecule has 6 nitrogen and oxygen atoms in total. The first-order chi connectivity index (χ1) is 11.3. The summed E-state index contributed by atoms with van der Waals surface area (Å²) < 4.78 is 5.44. The normalized spacial score (nSPS) is 23.0. The average molecular weight is 320 g/mol. The predicted molar refractivity (Wildman–Crippen MR) is 87.0 cm³/mol. The molecule has 0 radical (unpaired) electrons. The number of hydrogen-bond donors (Lipinski definition) is 1. The van der Waals surface area contributed by atoms with E-state index in [2.05, 4.69) is 22.4 Å². The van der Waals surface area contributed by atoms with Gasteiger partial charge >= 0.3 is 6.03 Å². The predicted octanol–water partition coefficient (Wildman–Crippen LogP) is 3.59. The standard InChI is InChI=1S/C17H28N4O2/c1-2-8-15-19-16(23-20-15)14-11-6-7-12-21(14)17(22)18-13-9-4-3-5-10-13/h13-14H,2-12H2,1H3,(H,18,22). The SMILES string of the molecule is CCCc1noc(C2CCCCN2C(=O)NC2CCCCC2)n1. The maximum atomic E-state index is 12.7. The van der Waals surface area contributed by atoms with Gasteiger partial charge in [-0.05, 0) is 38.5 Å². The van der Waals surface area contributed by atoms with Crippen LogP contribution >= 0.6 is 0 Å². The summed E-state index contributed by atoms with van der Waals surface area (Å²) in [6, 6.07) is 0.305. The Morgan fingerprint density at radius 2 is 2.00 bits per heavy atom. The molecule has 0 aromatic carbocycles. The second kappa shape index (κ2) is 7.79. The number of carbonyl (C=O) groups is 1. The highest BCUT2D eigenvalue weighted by Gasteiger charge is 2.33. The number of nitrogens with one attached hydrogen (secondary N) is 1. The molecule has 1 unspecified atom stereocenters. The summed E-state index contributed by atoms with van der Waals surface area (Å²) in [4.78, 5) is 19.1. The van der Waals surface area contributed by atoms with E-state index >= 15 is 0 Å². The van der Waals surface area contributed by atoms with Gasteiger partial charge in [-0.3, -0.25) is 0 Å². The van der Waals surface area contributed by atoms with Crippen LogP contribution < -0.4 is 5.32 Å². The van der Waals surface area contributed by atoms with Gasteiger partial charge < -0.3 is 14.7 Å². The highest BCUT2D eigenvalue weighted by atomic mass is 16.5. The second-order valence-corrected chi connectivity index (χ2v) is 6.79. The molecule has 1 aromatic rings. The molecule has 3 rings (SSSR count). The van der Waals surface area contributed by atoms with Gasteiger partial charge in [-0.25, -0.2) is 4.79 Å². The topological polar surface area (TPSA) is 71.3 Å². The Balaban J connectivity index is 1.66. The lowest BCUT2D eigenvalue weighted by atomic mass is 9.95. The van der Waals surface area contributed by atoms with Gasteiger partial charge in [-0.2, -0.15) is 4.98 Å². The number of urea groups is 1. The molecule has 23 heavy (non-hydrogen) atoms. The maximum Gasteiger partial charge on any atom is 0.318 e. The third-order valence-corrected chi connectivity index (χ3v) is 4.94. The van der Waals surface area contributed by atoms with Crippen molar-refractivity contribution in [1.29, 1.82) is 0 Å². The van der Waals surface area contributed by atoms with E-state index in [4.69, 9.17) is 4.52 Å². The minimum atomic E-state index is -0.0644. The van der Waals surface area contributed by atoms with Crippen LogP contribution in [-0.4, -0.2) is 33.7 Å². The van der Waals surface area contributed by atoms with Crippen molar-refractivity contribution in [3.63, 3.8) is 0 Å². The molecule has 6 heteroatoms. The molecule has 1 saturated heterocycles. The van der Waals surface area contributed by atoms with E-state index in [0.29, 0.717) is 11.9 Å². The molecular weight excluding hydrogens is 292 g/mol. The van der Waals surface area contributed by atoms with Gasteiger partial charge in [0.2, 0.25) is 5.89 Å². The van der Waals surface area contributed by atoms with Crippen molar-refractivity contribution in [2.75, 3.05) is 6.54 Å². The van der Waals surface area contributed by atoms with Crippen molar-refractivity contribution in [3.8, 4) is 0 Å². The van der Waals surface area contributed by atoms with Crippen molar-refractivity contribution in [3.05, 3.63) is 11.7 Å². The van der Waals surface area contributed by atoms with Crippen LogP contribution in [0.25, 0.3) is 0 Å². The molecule has 2 aliphatic rings. The van der Waals surface area contributed by atoms with Gasteiger partial charge in [0.1, 0.15) is 6.04 Å². The van der Waals surface area contributed by atoms with E-state index in [-0.39, 0.29) is 12.1 Å². The number of amides is 2. The highest BCUT2D eigenvalue weighted by molar-refractivity contribution is 5.75. The summed E-state index contributed by atoms with van der Waals surface area (Å²) >= 11 is 0. The molecule has 0 spiro atoms. The fraction of sp³-hybridized carbons (Fsp3) is 0.824. The molecule has 2 amide bonds. The van der Waals surface area contributed by atoms with Crippen molar-refractivity contribution < 1.29 is 9.32 Å². The third kappa shape index (κ3) is 4.03. The number of aryl methyl sites for hydroxylation is 1. The molecule has 1 aliphatic heterocycles. The zero-order valence-electron chi connectivity index (χ0n) is 14.1. The van der Waals surface area contributed by atoms with Gasteiger partial charge in [0, 0.05) is 19.0 Å². The van der Waals surface area contributed by atoms with E-state index in [1.807, 2.05) is 4.90 Å². The van der Waals surface area contributed by atoms with Crippen LogP contribution in [0.2, 0.25) is 0 Å². The first-order valence-corrected chi connectivity index (χ1v) is 9.17. The van der Waals surface area contributed by atoms with Gasteiger partial charge in [0.15, 0.2) is 5.82 Å². The minimum Gasteiger partial charge on any atom is -0.337 e. The lowest BCUT2D eigenvalue weighted by Gasteiger charge is -2.35. The monoisotopic (exact) mass is 320 g/mol. The Bertz CT molecular complexity index is 510. The van der Waals surface area contributed by atoms with Gasteiger partial charge in [-0.1, -0.05) is 31.3 Å². The van der Waals surface area contributed by atoms with E-state index in [1.165, 1.54) is 19.3 Å². The van der Waals surface area contributed by atoms with Crippen LogP contribution in [0.1, 0.15) is 82.5 Å². The quantitative estimate of drug-likeness (QED) is 0.920. The lowest BCUT2D eigenvalue weighted by molar-refractivity contribution is 0.127. The molecule has 1 aromatic heterocycles. The summed E-state index contributed by atoms with van der Waals surface area (Å²) in [7, 11) is 0. The molecular formula is C17H28N4O2. The van der Waals surface area contributed by atoms with Gasteiger partial charge in [0.05, 0.1) is 0 Å². The lowest BCUT2D eigenvalue weighted by Crippen LogP contribution is -2.48. The Labute approximate surface area is 138 Å². The first-order valence-electron chi connectivity index (χ1n) is 9.17. The Morgan fingerprint density at radius 3 is 2.78 bits per heavy atom.